The van der Waals surface area contributed by atoms with Crippen molar-refractivity contribution < 1.29 is 13.7 Å². The highest BCUT2D eigenvalue weighted by Gasteiger charge is 2.29. The van der Waals surface area contributed by atoms with Gasteiger partial charge in [0, 0.05) is 24.7 Å². The zero-order chi connectivity index (χ0) is 20.4. The quantitative estimate of drug-likeness (QED) is 0.709. The van der Waals surface area contributed by atoms with Crippen LogP contribution in [0.15, 0.2) is 35.1 Å². The van der Waals surface area contributed by atoms with Crippen molar-refractivity contribution in [2.75, 3.05) is 18.0 Å². The highest BCUT2D eigenvalue weighted by Crippen LogP contribution is 2.34. The van der Waals surface area contributed by atoms with E-state index in [1.165, 1.54) is 18.5 Å². The fourth-order valence-corrected chi connectivity index (χ4v) is 3.66. The molecule has 152 valence electrons. The Bertz CT molecular complexity index is 1000. The molecular formula is C21H24FN5O2. The standard InChI is InChI=1S/C21H24FN5O2/c1-3-13(2)25-20(28)15-5-4-10-27(11-15)19-17-18(14-6-8-16(22)9-7-14)26-29-21(17)24-12-23-19/h6-9,12-13,15H,3-5,10-11H2,1-2H3,(H,25,28). The summed E-state index contributed by atoms with van der Waals surface area (Å²) in [5.41, 5.74) is 1.67. The first-order valence-corrected chi connectivity index (χ1v) is 9.98. The molecule has 1 N–H and O–H groups in total. The molecule has 1 aliphatic heterocycles. The van der Waals surface area contributed by atoms with Gasteiger partial charge in [0.1, 0.15) is 29.0 Å². The summed E-state index contributed by atoms with van der Waals surface area (Å²) in [5, 5.41) is 7.91. The van der Waals surface area contributed by atoms with Gasteiger partial charge in [0.15, 0.2) is 0 Å². The molecule has 0 bridgehead atoms. The van der Waals surface area contributed by atoms with E-state index in [9.17, 15) is 9.18 Å². The summed E-state index contributed by atoms with van der Waals surface area (Å²) < 4.78 is 18.7. The number of benzene rings is 1. The minimum Gasteiger partial charge on any atom is -0.355 e. The van der Waals surface area contributed by atoms with Crippen LogP contribution >= 0.6 is 0 Å². The van der Waals surface area contributed by atoms with Crippen LogP contribution in [0.2, 0.25) is 0 Å². The van der Waals surface area contributed by atoms with Crippen molar-refractivity contribution in [1.29, 1.82) is 0 Å². The molecular weight excluding hydrogens is 373 g/mol. The van der Waals surface area contributed by atoms with Gasteiger partial charge in [0.05, 0.1) is 5.92 Å². The molecule has 29 heavy (non-hydrogen) atoms. The summed E-state index contributed by atoms with van der Waals surface area (Å²) in [6, 6.07) is 6.24. The van der Waals surface area contributed by atoms with Gasteiger partial charge in [-0.2, -0.15) is 4.98 Å². The van der Waals surface area contributed by atoms with E-state index in [1.54, 1.807) is 12.1 Å². The third-order valence-electron chi connectivity index (χ3n) is 5.46. The second-order valence-corrected chi connectivity index (χ2v) is 7.52. The highest BCUT2D eigenvalue weighted by molar-refractivity contribution is 5.98. The number of carbonyl (C=O) groups excluding carboxylic acids is 1. The summed E-state index contributed by atoms with van der Waals surface area (Å²) in [4.78, 5) is 23.4. The fraction of sp³-hybridized carbons (Fsp3) is 0.429. The monoisotopic (exact) mass is 397 g/mol. The van der Waals surface area contributed by atoms with E-state index in [0.717, 1.165) is 31.4 Å². The number of fused-ring (bicyclic) bond motifs is 1. The molecule has 0 radical (unpaired) electrons. The van der Waals surface area contributed by atoms with Gasteiger partial charge in [-0.15, -0.1) is 0 Å². The Labute approximate surface area is 168 Å². The number of hydrogen-bond donors (Lipinski definition) is 1. The lowest BCUT2D eigenvalue weighted by molar-refractivity contribution is -0.125. The van der Waals surface area contributed by atoms with Gasteiger partial charge in [0.2, 0.25) is 5.91 Å². The van der Waals surface area contributed by atoms with Crippen LogP contribution in [0.5, 0.6) is 0 Å². The zero-order valence-corrected chi connectivity index (χ0v) is 16.6. The first-order valence-electron chi connectivity index (χ1n) is 9.98. The van der Waals surface area contributed by atoms with E-state index in [1.807, 2.05) is 6.92 Å². The first kappa shape index (κ1) is 19.3. The van der Waals surface area contributed by atoms with Crippen molar-refractivity contribution in [1.82, 2.24) is 20.4 Å². The van der Waals surface area contributed by atoms with Crippen LogP contribution < -0.4 is 10.2 Å². The number of rotatable bonds is 5. The first-order chi connectivity index (χ1) is 14.1. The van der Waals surface area contributed by atoms with Gasteiger partial charge >= 0.3 is 0 Å². The molecule has 7 nitrogen and oxygen atoms in total. The minimum atomic E-state index is -0.316. The number of amides is 1. The van der Waals surface area contributed by atoms with Crippen LogP contribution in [0.3, 0.4) is 0 Å². The summed E-state index contributed by atoms with van der Waals surface area (Å²) in [6.07, 6.45) is 4.08. The molecule has 3 aromatic rings. The molecule has 2 atom stereocenters. The lowest BCUT2D eigenvalue weighted by Crippen LogP contribution is -2.45. The number of hydrogen-bond acceptors (Lipinski definition) is 6. The topological polar surface area (TPSA) is 84.2 Å². The molecule has 1 fully saturated rings. The molecule has 1 aliphatic rings. The van der Waals surface area contributed by atoms with Crippen molar-refractivity contribution in [3.8, 4) is 11.3 Å². The average Bonchev–Trinajstić information content (AvgIpc) is 3.18. The largest absolute Gasteiger partial charge is 0.355 e. The number of piperidine rings is 1. The van der Waals surface area contributed by atoms with Crippen LogP contribution in [-0.4, -0.2) is 40.2 Å². The van der Waals surface area contributed by atoms with Gasteiger partial charge in [-0.1, -0.05) is 12.1 Å². The Hall–Kier alpha value is -3.03. The lowest BCUT2D eigenvalue weighted by atomic mass is 9.96. The van der Waals surface area contributed by atoms with Gasteiger partial charge in [-0.25, -0.2) is 9.37 Å². The second-order valence-electron chi connectivity index (χ2n) is 7.52. The molecule has 8 heteroatoms. The maximum Gasteiger partial charge on any atom is 0.263 e. The van der Waals surface area contributed by atoms with Crippen molar-refractivity contribution in [3.63, 3.8) is 0 Å². The Morgan fingerprint density at radius 3 is 2.90 bits per heavy atom. The number of nitrogens with zero attached hydrogens (tertiary/aromatic N) is 4. The smallest absolute Gasteiger partial charge is 0.263 e. The highest BCUT2D eigenvalue weighted by atomic mass is 19.1. The maximum absolute atomic E-state index is 13.3. The van der Waals surface area contributed by atoms with E-state index in [0.29, 0.717) is 29.2 Å². The molecule has 0 aliphatic carbocycles. The number of aromatic nitrogens is 3. The van der Waals surface area contributed by atoms with Crippen LogP contribution in [0, 0.1) is 11.7 Å². The van der Waals surface area contributed by atoms with E-state index in [-0.39, 0.29) is 23.7 Å². The third kappa shape index (κ3) is 3.92. The Balaban J connectivity index is 1.66. The SMILES string of the molecule is CCC(C)NC(=O)C1CCCN(c2ncnc3onc(-c4ccc(F)cc4)c23)C1. The normalized spacial score (nSPS) is 18.0. The van der Waals surface area contributed by atoms with Crippen molar-refractivity contribution in [2.24, 2.45) is 5.92 Å². The lowest BCUT2D eigenvalue weighted by Gasteiger charge is -2.33. The second kappa shape index (κ2) is 8.14. The molecule has 1 amide bonds. The molecule has 0 spiro atoms. The average molecular weight is 397 g/mol. The van der Waals surface area contributed by atoms with Gasteiger partial charge in [-0.3, -0.25) is 4.79 Å². The van der Waals surface area contributed by atoms with E-state index < -0.39 is 0 Å². The number of halogens is 1. The Kier molecular flexibility index (Phi) is 5.42. The number of anilines is 1. The summed E-state index contributed by atoms with van der Waals surface area (Å²) in [6.45, 7) is 5.42. The van der Waals surface area contributed by atoms with Gasteiger partial charge in [0.25, 0.3) is 5.71 Å². The molecule has 3 heterocycles. The van der Waals surface area contributed by atoms with Crippen LogP contribution in [0.4, 0.5) is 10.2 Å². The van der Waals surface area contributed by atoms with Crippen LogP contribution in [0.25, 0.3) is 22.4 Å². The molecule has 2 unspecified atom stereocenters. The van der Waals surface area contributed by atoms with Crippen molar-refractivity contribution in [3.05, 3.63) is 36.4 Å². The molecule has 0 saturated carbocycles. The molecule has 4 rings (SSSR count). The predicted octanol–water partition coefficient (Wildman–Crippen LogP) is 3.56. The van der Waals surface area contributed by atoms with Crippen LogP contribution in [-0.2, 0) is 4.79 Å². The number of nitrogens with one attached hydrogen (secondary N) is 1. The molecule has 2 aromatic heterocycles. The molecule has 1 aromatic carbocycles. The summed E-state index contributed by atoms with van der Waals surface area (Å²) in [5.74, 6) is 0.358. The molecule has 1 saturated heterocycles. The summed E-state index contributed by atoms with van der Waals surface area (Å²) >= 11 is 0. The van der Waals surface area contributed by atoms with E-state index in [4.69, 9.17) is 4.52 Å². The van der Waals surface area contributed by atoms with Crippen molar-refractivity contribution in [2.45, 2.75) is 39.2 Å². The third-order valence-corrected chi connectivity index (χ3v) is 5.46. The Morgan fingerprint density at radius 2 is 2.14 bits per heavy atom. The Morgan fingerprint density at radius 1 is 1.34 bits per heavy atom. The minimum absolute atomic E-state index is 0.0819. The fourth-order valence-electron chi connectivity index (χ4n) is 3.66. The number of carbonyl (C=O) groups is 1. The van der Waals surface area contributed by atoms with Gasteiger partial charge < -0.3 is 14.7 Å². The maximum atomic E-state index is 13.3. The zero-order valence-electron chi connectivity index (χ0n) is 16.6. The summed E-state index contributed by atoms with van der Waals surface area (Å²) in [7, 11) is 0. The predicted molar refractivity (Wildman–Crippen MR) is 108 cm³/mol. The van der Waals surface area contributed by atoms with Crippen molar-refractivity contribution >= 4 is 22.8 Å². The van der Waals surface area contributed by atoms with Crippen LogP contribution in [0.1, 0.15) is 33.1 Å². The van der Waals surface area contributed by atoms with E-state index >= 15 is 0 Å². The van der Waals surface area contributed by atoms with Gasteiger partial charge in [-0.05, 0) is 50.5 Å². The van der Waals surface area contributed by atoms with E-state index in [2.05, 4.69) is 32.3 Å².